The molecule has 2 unspecified atom stereocenters. The maximum Gasteiger partial charge on any atom is 0.226 e. The summed E-state index contributed by atoms with van der Waals surface area (Å²) in [5, 5.41) is 0. The normalized spacial score (nSPS) is 24.7. The van der Waals surface area contributed by atoms with Crippen molar-refractivity contribution < 1.29 is 9.15 Å². The molecule has 2 saturated carbocycles. The lowest BCUT2D eigenvalue weighted by atomic mass is 9.64. The minimum atomic E-state index is 0.0679. The standard InChI is InChI=1S/C33H35N3O2/c1-2-16-34-29(5-1)22-37-31-14-12-27(13-15-31)33(20-24-6-9-28(33)19-24)26-10-7-25(8-11-26)32-35-30(23-38-32)21-36-17-3-4-18-36/h1-2,5,7-8,10-16,23-24,28H,3-4,6,9,17-22H2/t24?,28?,33-/m0/s1. The van der Waals surface area contributed by atoms with Crippen LogP contribution in [0.3, 0.4) is 0 Å². The second-order valence-corrected chi connectivity index (χ2v) is 11.4. The van der Waals surface area contributed by atoms with Gasteiger partial charge in [-0.15, -0.1) is 0 Å². The third-order valence-corrected chi connectivity index (χ3v) is 9.11. The number of oxazole rings is 1. The molecule has 2 bridgehead atoms. The molecule has 5 heteroatoms. The van der Waals surface area contributed by atoms with E-state index in [1.165, 1.54) is 62.7 Å². The van der Waals surface area contributed by atoms with E-state index in [1.54, 1.807) is 6.20 Å². The van der Waals surface area contributed by atoms with Gasteiger partial charge in [0.1, 0.15) is 18.6 Å². The first-order chi connectivity index (χ1) is 18.8. The van der Waals surface area contributed by atoms with Gasteiger partial charge in [0.25, 0.3) is 0 Å². The Morgan fingerprint density at radius 2 is 1.68 bits per heavy atom. The molecule has 4 aromatic rings. The third-order valence-electron chi connectivity index (χ3n) is 9.11. The first kappa shape index (κ1) is 23.7. The summed E-state index contributed by atoms with van der Waals surface area (Å²) in [7, 11) is 0. The Bertz CT molecular complexity index is 1360. The first-order valence-electron chi connectivity index (χ1n) is 14.2. The Morgan fingerprint density at radius 1 is 0.895 bits per heavy atom. The summed E-state index contributed by atoms with van der Waals surface area (Å²) in [6.45, 7) is 3.70. The SMILES string of the molecule is c1ccc(COc2ccc([C@@]3(c4ccc(-c5nc(CN6CCCC6)co5)cc4)CC4CCC3C4)cc2)nc1. The molecule has 7 rings (SSSR count). The average Bonchev–Trinajstić information content (AvgIpc) is 3.79. The lowest BCUT2D eigenvalue weighted by Crippen LogP contribution is -2.34. The van der Waals surface area contributed by atoms with E-state index in [-0.39, 0.29) is 5.41 Å². The fraction of sp³-hybridized carbons (Fsp3) is 0.394. The van der Waals surface area contributed by atoms with Gasteiger partial charge in [-0.1, -0.05) is 36.8 Å². The number of benzene rings is 2. The van der Waals surface area contributed by atoms with Gasteiger partial charge in [0.2, 0.25) is 5.89 Å². The fourth-order valence-corrected chi connectivity index (χ4v) is 7.29. The Labute approximate surface area is 224 Å². The van der Waals surface area contributed by atoms with Gasteiger partial charge in [0.05, 0.1) is 11.4 Å². The van der Waals surface area contributed by atoms with Crippen LogP contribution in [0.4, 0.5) is 0 Å². The highest BCUT2D eigenvalue weighted by Gasteiger charge is 2.52. The van der Waals surface area contributed by atoms with Crippen LogP contribution in [0, 0.1) is 11.8 Å². The zero-order valence-electron chi connectivity index (χ0n) is 21.9. The van der Waals surface area contributed by atoms with Gasteiger partial charge in [-0.3, -0.25) is 9.88 Å². The molecule has 38 heavy (non-hydrogen) atoms. The topological polar surface area (TPSA) is 51.4 Å². The van der Waals surface area contributed by atoms with Crippen LogP contribution in [-0.2, 0) is 18.6 Å². The number of hydrogen-bond acceptors (Lipinski definition) is 5. The molecule has 0 spiro atoms. The van der Waals surface area contributed by atoms with E-state index in [9.17, 15) is 0 Å². The van der Waals surface area contributed by atoms with Crippen molar-refractivity contribution >= 4 is 0 Å². The summed E-state index contributed by atoms with van der Waals surface area (Å²) in [6, 6.07) is 23.8. The molecule has 3 atom stereocenters. The average molecular weight is 506 g/mol. The van der Waals surface area contributed by atoms with Crippen LogP contribution >= 0.6 is 0 Å². The number of rotatable bonds is 8. The molecule has 0 amide bonds. The molecular weight excluding hydrogens is 470 g/mol. The van der Waals surface area contributed by atoms with E-state index < -0.39 is 0 Å². The summed E-state index contributed by atoms with van der Waals surface area (Å²) in [6.07, 6.45) is 11.4. The second kappa shape index (κ2) is 10.0. The number of aromatic nitrogens is 2. The van der Waals surface area contributed by atoms with Gasteiger partial charge in [0.15, 0.2) is 0 Å². The zero-order chi connectivity index (χ0) is 25.4. The monoisotopic (exact) mass is 505 g/mol. The maximum absolute atomic E-state index is 6.04. The molecule has 3 aliphatic rings. The molecule has 0 N–H and O–H groups in total. The number of hydrogen-bond donors (Lipinski definition) is 0. The molecule has 1 saturated heterocycles. The molecular formula is C33H35N3O2. The number of fused-ring (bicyclic) bond motifs is 2. The number of likely N-dealkylation sites (tertiary alicyclic amines) is 1. The van der Waals surface area contributed by atoms with Gasteiger partial charge in [0, 0.05) is 23.7 Å². The smallest absolute Gasteiger partial charge is 0.226 e. The summed E-state index contributed by atoms with van der Waals surface area (Å²) in [5.74, 6) is 3.12. The molecule has 2 aromatic heterocycles. The van der Waals surface area contributed by atoms with Crippen LogP contribution in [-0.4, -0.2) is 28.0 Å². The van der Waals surface area contributed by atoms with Gasteiger partial charge >= 0.3 is 0 Å². The van der Waals surface area contributed by atoms with Crippen LogP contribution in [0.25, 0.3) is 11.5 Å². The van der Waals surface area contributed by atoms with E-state index in [0.717, 1.165) is 41.1 Å². The molecule has 2 aliphatic carbocycles. The van der Waals surface area contributed by atoms with Gasteiger partial charge in [-0.2, -0.15) is 0 Å². The van der Waals surface area contributed by atoms with E-state index in [2.05, 4.69) is 58.4 Å². The summed E-state index contributed by atoms with van der Waals surface area (Å²) >= 11 is 0. The lowest BCUT2D eigenvalue weighted by Gasteiger charge is -2.39. The zero-order valence-corrected chi connectivity index (χ0v) is 21.9. The second-order valence-electron chi connectivity index (χ2n) is 11.4. The first-order valence-corrected chi connectivity index (χ1v) is 14.2. The number of pyridine rings is 1. The van der Waals surface area contributed by atoms with Crippen molar-refractivity contribution in [1.29, 1.82) is 0 Å². The Kier molecular flexibility index (Phi) is 6.24. The lowest BCUT2D eigenvalue weighted by molar-refractivity contribution is 0.299. The van der Waals surface area contributed by atoms with Crippen molar-refractivity contribution in [2.24, 2.45) is 11.8 Å². The summed E-state index contributed by atoms with van der Waals surface area (Å²) < 4.78 is 11.9. The van der Waals surface area contributed by atoms with Gasteiger partial charge in [-0.05, 0) is 105 Å². The molecule has 2 aromatic carbocycles. The van der Waals surface area contributed by atoms with Crippen molar-refractivity contribution in [3.8, 4) is 17.2 Å². The molecule has 3 fully saturated rings. The number of nitrogens with zero attached hydrogens (tertiary/aromatic N) is 3. The van der Waals surface area contributed by atoms with Crippen molar-refractivity contribution in [2.75, 3.05) is 13.1 Å². The van der Waals surface area contributed by atoms with Gasteiger partial charge < -0.3 is 9.15 Å². The Morgan fingerprint density at radius 3 is 2.37 bits per heavy atom. The molecule has 1 aliphatic heterocycles. The summed E-state index contributed by atoms with van der Waals surface area (Å²) in [5.41, 5.74) is 5.92. The van der Waals surface area contributed by atoms with E-state index in [4.69, 9.17) is 14.1 Å². The third kappa shape index (κ3) is 4.43. The Hall–Kier alpha value is -3.44. The molecule has 194 valence electrons. The number of ether oxygens (including phenoxy) is 1. The predicted molar refractivity (Wildman–Crippen MR) is 148 cm³/mol. The minimum Gasteiger partial charge on any atom is -0.487 e. The quantitative estimate of drug-likeness (QED) is 0.258. The Balaban J connectivity index is 1.12. The molecule has 3 heterocycles. The van der Waals surface area contributed by atoms with Crippen LogP contribution in [0.15, 0.2) is 83.6 Å². The van der Waals surface area contributed by atoms with Crippen LogP contribution in [0.2, 0.25) is 0 Å². The van der Waals surface area contributed by atoms with Crippen molar-refractivity contribution in [3.63, 3.8) is 0 Å². The molecule has 5 nitrogen and oxygen atoms in total. The largest absolute Gasteiger partial charge is 0.487 e. The van der Waals surface area contributed by atoms with Crippen molar-refractivity contribution in [2.45, 2.75) is 57.1 Å². The molecule has 0 radical (unpaired) electrons. The predicted octanol–water partition coefficient (Wildman–Crippen LogP) is 7.02. The highest BCUT2D eigenvalue weighted by Crippen LogP contribution is 2.60. The maximum atomic E-state index is 6.04. The van der Waals surface area contributed by atoms with Crippen LogP contribution in [0.5, 0.6) is 5.75 Å². The van der Waals surface area contributed by atoms with E-state index >= 15 is 0 Å². The highest BCUT2D eigenvalue weighted by molar-refractivity contribution is 5.56. The van der Waals surface area contributed by atoms with E-state index in [1.807, 2.05) is 24.5 Å². The van der Waals surface area contributed by atoms with Crippen LogP contribution in [0.1, 0.15) is 61.0 Å². The fourth-order valence-electron chi connectivity index (χ4n) is 7.29. The summed E-state index contributed by atoms with van der Waals surface area (Å²) in [4.78, 5) is 11.6. The van der Waals surface area contributed by atoms with E-state index in [0.29, 0.717) is 12.5 Å². The highest BCUT2D eigenvalue weighted by atomic mass is 16.5. The minimum absolute atomic E-state index is 0.0679. The van der Waals surface area contributed by atoms with Crippen LogP contribution < -0.4 is 4.74 Å². The van der Waals surface area contributed by atoms with Crippen molar-refractivity contribution in [1.82, 2.24) is 14.9 Å². The van der Waals surface area contributed by atoms with Gasteiger partial charge in [-0.25, -0.2) is 4.98 Å². The van der Waals surface area contributed by atoms with Crippen molar-refractivity contribution in [3.05, 3.63) is 102 Å².